The Labute approximate surface area is 111 Å². The van der Waals surface area contributed by atoms with Gasteiger partial charge in [-0.2, -0.15) is 17.0 Å². The highest BCUT2D eigenvalue weighted by molar-refractivity contribution is 7.99. The molecule has 1 N–H and O–H groups in total. The molecular formula is C14H26N2S. The van der Waals surface area contributed by atoms with Crippen LogP contribution in [-0.2, 0) is 0 Å². The van der Waals surface area contributed by atoms with Crippen LogP contribution >= 0.6 is 11.8 Å². The van der Waals surface area contributed by atoms with Gasteiger partial charge in [0.05, 0.1) is 6.07 Å². The van der Waals surface area contributed by atoms with Crippen molar-refractivity contribution in [3.8, 4) is 6.07 Å². The van der Waals surface area contributed by atoms with Crippen LogP contribution in [-0.4, -0.2) is 23.1 Å². The lowest BCUT2D eigenvalue weighted by Crippen LogP contribution is -2.41. The number of rotatable bonds is 8. The summed E-state index contributed by atoms with van der Waals surface area (Å²) < 4.78 is 0. The van der Waals surface area contributed by atoms with E-state index in [1.807, 2.05) is 6.92 Å². The van der Waals surface area contributed by atoms with E-state index < -0.39 is 0 Å². The van der Waals surface area contributed by atoms with Crippen LogP contribution in [0, 0.1) is 11.3 Å². The summed E-state index contributed by atoms with van der Waals surface area (Å²) in [5.74, 6) is 1.22. The molecule has 1 unspecified atom stereocenters. The van der Waals surface area contributed by atoms with Crippen LogP contribution in [0.5, 0.6) is 0 Å². The molecule has 0 aromatic carbocycles. The lowest BCUT2D eigenvalue weighted by Gasteiger charge is -2.23. The molecular weight excluding hydrogens is 228 g/mol. The van der Waals surface area contributed by atoms with Crippen LogP contribution in [0.2, 0.25) is 0 Å². The minimum absolute atomic E-state index is 0.313. The maximum atomic E-state index is 9.20. The monoisotopic (exact) mass is 254 g/mol. The third kappa shape index (κ3) is 5.79. The predicted molar refractivity (Wildman–Crippen MR) is 76.3 cm³/mol. The van der Waals surface area contributed by atoms with Gasteiger partial charge in [0.1, 0.15) is 5.54 Å². The highest BCUT2D eigenvalue weighted by Crippen LogP contribution is 2.30. The van der Waals surface area contributed by atoms with E-state index in [-0.39, 0.29) is 5.54 Å². The Balaban J connectivity index is 2.12. The topological polar surface area (TPSA) is 35.8 Å². The average Bonchev–Trinajstić information content (AvgIpc) is 2.85. The van der Waals surface area contributed by atoms with Gasteiger partial charge in [-0.05, 0) is 51.3 Å². The van der Waals surface area contributed by atoms with E-state index in [9.17, 15) is 5.26 Å². The predicted octanol–water partition coefficient (Wildman–Crippen LogP) is 3.72. The molecule has 0 radical (unpaired) electrons. The Morgan fingerprint density at radius 2 is 2.12 bits per heavy atom. The molecule has 0 spiro atoms. The van der Waals surface area contributed by atoms with E-state index in [1.165, 1.54) is 31.4 Å². The molecule has 0 aromatic heterocycles. The molecule has 1 fully saturated rings. The summed E-state index contributed by atoms with van der Waals surface area (Å²) in [7, 11) is 0. The second-order valence-corrected chi connectivity index (χ2v) is 6.66. The van der Waals surface area contributed by atoms with Crippen molar-refractivity contribution in [3.63, 3.8) is 0 Å². The maximum Gasteiger partial charge on any atom is 0.103 e. The zero-order valence-corrected chi connectivity index (χ0v) is 12.1. The van der Waals surface area contributed by atoms with Crippen molar-refractivity contribution in [2.75, 3.05) is 12.3 Å². The summed E-state index contributed by atoms with van der Waals surface area (Å²) in [6.07, 6.45) is 8.89. The van der Waals surface area contributed by atoms with Crippen molar-refractivity contribution < 1.29 is 0 Å². The quantitative estimate of drug-likeness (QED) is 0.671. The van der Waals surface area contributed by atoms with Crippen molar-refractivity contribution in [3.05, 3.63) is 0 Å². The SMILES string of the molecule is CCCNC(C)(C#N)CCCSC1CCCC1. The van der Waals surface area contributed by atoms with Crippen LogP contribution in [0.1, 0.15) is 58.8 Å². The molecule has 2 nitrogen and oxygen atoms in total. The summed E-state index contributed by atoms with van der Waals surface area (Å²) in [5.41, 5.74) is -0.313. The molecule has 0 aromatic rings. The van der Waals surface area contributed by atoms with E-state index in [2.05, 4.69) is 30.1 Å². The number of nitrogens with one attached hydrogen (secondary N) is 1. The first-order chi connectivity index (χ1) is 8.20. The Bertz CT molecular complexity index is 243. The molecule has 1 saturated carbocycles. The average molecular weight is 254 g/mol. The summed E-state index contributed by atoms with van der Waals surface area (Å²) >= 11 is 2.12. The van der Waals surface area contributed by atoms with Crippen LogP contribution in [0.4, 0.5) is 0 Å². The summed E-state index contributed by atoms with van der Waals surface area (Å²) in [5, 5.41) is 13.5. The number of nitrogens with zero attached hydrogens (tertiary/aromatic N) is 1. The zero-order chi connectivity index (χ0) is 12.6. The van der Waals surface area contributed by atoms with Crippen molar-refractivity contribution in [2.45, 2.75) is 69.6 Å². The fourth-order valence-corrected chi connectivity index (χ4v) is 3.63. The van der Waals surface area contributed by atoms with Gasteiger partial charge in [-0.3, -0.25) is 5.32 Å². The highest BCUT2D eigenvalue weighted by atomic mass is 32.2. The molecule has 17 heavy (non-hydrogen) atoms. The molecule has 0 amide bonds. The fraction of sp³-hybridized carbons (Fsp3) is 0.929. The third-order valence-electron chi connectivity index (χ3n) is 3.49. The number of nitriles is 1. The van der Waals surface area contributed by atoms with Crippen molar-refractivity contribution in [1.29, 1.82) is 5.26 Å². The Kier molecular flexibility index (Phi) is 6.99. The van der Waals surface area contributed by atoms with Gasteiger partial charge in [-0.1, -0.05) is 19.8 Å². The maximum absolute atomic E-state index is 9.20. The van der Waals surface area contributed by atoms with Gasteiger partial charge in [0.25, 0.3) is 0 Å². The minimum atomic E-state index is -0.313. The van der Waals surface area contributed by atoms with Crippen LogP contribution in [0.3, 0.4) is 0 Å². The van der Waals surface area contributed by atoms with E-state index >= 15 is 0 Å². The Hall–Kier alpha value is -0.200. The smallest absolute Gasteiger partial charge is 0.103 e. The lowest BCUT2D eigenvalue weighted by molar-refractivity contribution is 0.415. The molecule has 0 aliphatic heterocycles. The molecule has 1 rings (SSSR count). The highest BCUT2D eigenvalue weighted by Gasteiger charge is 2.22. The van der Waals surface area contributed by atoms with Crippen molar-refractivity contribution in [2.24, 2.45) is 0 Å². The van der Waals surface area contributed by atoms with Gasteiger partial charge in [0.15, 0.2) is 0 Å². The molecule has 0 bridgehead atoms. The fourth-order valence-electron chi connectivity index (χ4n) is 2.32. The van der Waals surface area contributed by atoms with Gasteiger partial charge in [-0.25, -0.2) is 0 Å². The standard InChI is InChI=1S/C14H26N2S/c1-3-10-16-14(2,12-15)9-6-11-17-13-7-4-5-8-13/h13,16H,3-11H2,1-2H3. The molecule has 0 saturated heterocycles. The minimum Gasteiger partial charge on any atom is -0.300 e. The molecule has 1 aliphatic rings. The van der Waals surface area contributed by atoms with E-state index in [1.54, 1.807) is 0 Å². The van der Waals surface area contributed by atoms with Crippen LogP contribution < -0.4 is 5.32 Å². The summed E-state index contributed by atoms with van der Waals surface area (Å²) in [6.45, 7) is 5.11. The number of hydrogen-bond donors (Lipinski definition) is 1. The molecule has 1 aliphatic carbocycles. The summed E-state index contributed by atoms with van der Waals surface area (Å²) in [6, 6.07) is 2.42. The largest absolute Gasteiger partial charge is 0.300 e. The molecule has 0 heterocycles. The first-order valence-corrected chi connectivity index (χ1v) is 8.03. The van der Waals surface area contributed by atoms with Crippen molar-refractivity contribution in [1.82, 2.24) is 5.32 Å². The third-order valence-corrected chi connectivity index (χ3v) is 4.96. The number of thioether (sulfide) groups is 1. The Morgan fingerprint density at radius 3 is 2.71 bits per heavy atom. The molecule has 3 heteroatoms. The van der Waals surface area contributed by atoms with Gasteiger partial charge in [0.2, 0.25) is 0 Å². The Morgan fingerprint density at radius 1 is 1.41 bits per heavy atom. The first kappa shape index (κ1) is 14.9. The first-order valence-electron chi connectivity index (χ1n) is 6.98. The normalized spacial score (nSPS) is 20.1. The zero-order valence-electron chi connectivity index (χ0n) is 11.3. The summed E-state index contributed by atoms with van der Waals surface area (Å²) in [4.78, 5) is 0. The molecule has 98 valence electrons. The van der Waals surface area contributed by atoms with E-state index in [4.69, 9.17) is 0 Å². The van der Waals surface area contributed by atoms with E-state index in [0.29, 0.717) is 0 Å². The second-order valence-electron chi connectivity index (χ2n) is 5.25. The number of hydrogen-bond acceptors (Lipinski definition) is 3. The lowest BCUT2D eigenvalue weighted by atomic mass is 9.98. The van der Waals surface area contributed by atoms with E-state index in [0.717, 1.165) is 31.1 Å². The van der Waals surface area contributed by atoms with Gasteiger partial charge in [0, 0.05) is 5.25 Å². The molecule has 1 atom stereocenters. The van der Waals surface area contributed by atoms with Gasteiger partial charge in [-0.15, -0.1) is 0 Å². The van der Waals surface area contributed by atoms with Gasteiger partial charge < -0.3 is 0 Å². The van der Waals surface area contributed by atoms with Crippen LogP contribution in [0.15, 0.2) is 0 Å². The van der Waals surface area contributed by atoms with Crippen LogP contribution in [0.25, 0.3) is 0 Å². The van der Waals surface area contributed by atoms with Gasteiger partial charge >= 0.3 is 0 Å². The van der Waals surface area contributed by atoms with Crippen molar-refractivity contribution >= 4 is 11.8 Å². The second kappa shape index (κ2) is 8.00.